The van der Waals surface area contributed by atoms with Crippen LogP contribution in [0.25, 0.3) is 22.6 Å². The summed E-state index contributed by atoms with van der Waals surface area (Å²) in [5, 5.41) is 3.26. The Balaban J connectivity index is 1.88. The van der Waals surface area contributed by atoms with E-state index in [2.05, 4.69) is 20.3 Å². The Kier molecular flexibility index (Phi) is 7.72. The molecule has 7 nitrogen and oxygen atoms in total. The number of carbonyl (C=O) groups excluding carboxylic acids is 1. The third kappa shape index (κ3) is 6.11. The van der Waals surface area contributed by atoms with Crippen LogP contribution >= 0.6 is 11.6 Å². The topological polar surface area (TPSA) is 97.0 Å². The van der Waals surface area contributed by atoms with Gasteiger partial charge in [-0.15, -0.1) is 0 Å². The number of H-pyrrole nitrogens is 1. The third-order valence-electron chi connectivity index (χ3n) is 4.35. The number of ether oxygens (including phenoxy) is 1. The van der Waals surface area contributed by atoms with Crippen molar-refractivity contribution in [2.45, 2.75) is 26.3 Å². The number of carbonyl (C=O) groups is 1. The fraction of sp³-hybridized carbons (Fsp3) is 0.273. The average molecular weight is 445 g/mol. The Morgan fingerprint density at radius 3 is 2.81 bits per heavy atom. The van der Waals surface area contributed by atoms with Gasteiger partial charge in [0.1, 0.15) is 19.1 Å². The van der Waals surface area contributed by atoms with E-state index in [0.717, 1.165) is 12.0 Å². The molecule has 0 radical (unpaired) electrons. The monoisotopic (exact) mass is 444 g/mol. The molecule has 0 fully saturated rings. The maximum Gasteiger partial charge on any atom is 0.251 e. The first kappa shape index (κ1) is 22.4. The van der Waals surface area contributed by atoms with Gasteiger partial charge in [-0.2, -0.15) is 0 Å². The molecule has 162 valence electrons. The van der Waals surface area contributed by atoms with Gasteiger partial charge in [0.15, 0.2) is 0 Å². The number of nitrogens with one attached hydrogen (secondary N) is 2. The normalized spacial score (nSPS) is 10.7. The van der Waals surface area contributed by atoms with Crippen LogP contribution < -0.4 is 15.6 Å². The zero-order valence-corrected chi connectivity index (χ0v) is 17.7. The SMILES string of the molecule is CCCC(=O)NCc1ccc(Cl)c(-c2nc(-c3ccc(OCCF)nc3)cc(=O)[nH]2)c1. The number of hydrogen-bond donors (Lipinski definition) is 2. The number of hydrogen-bond acceptors (Lipinski definition) is 5. The van der Waals surface area contributed by atoms with Crippen LogP contribution in [-0.4, -0.2) is 34.1 Å². The van der Waals surface area contributed by atoms with Gasteiger partial charge >= 0.3 is 0 Å². The molecular formula is C22H22ClFN4O3. The van der Waals surface area contributed by atoms with Gasteiger partial charge in [-0.1, -0.05) is 24.6 Å². The van der Waals surface area contributed by atoms with Gasteiger partial charge in [0, 0.05) is 42.4 Å². The van der Waals surface area contributed by atoms with E-state index >= 15 is 0 Å². The number of amides is 1. The summed E-state index contributed by atoms with van der Waals surface area (Å²) in [5.41, 5.74) is 2.02. The van der Waals surface area contributed by atoms with Crippen LogP contribution in [0.2, 0.25) is 5.02 Å². The summed E-state index contributed by atoms with van der Waals surface area (Å²) < 4.78 is 17.3. The minimum atomic E-state index is -0.607. The number of alkyl halides is 1. The molecule has 2 heterocycles. The first-order valence-corrected chi connectivity index (χ1v) is 10.2. The van der Waals surface area contributed by atoms with Crippen LogP contribution in [0.15, 0.2) is 47.4 Å². The standard InChI is InChI=1S/C22H22ClFN4O3/c1-2-3-19(29)25-12-14-4-6-17(23)16(10-14)22-27-18(11-20(30)28-22)15-5-7-21(26-13-15)31-9-8-24/h4-7,10-11,13H,2-3,8-9,12H2,1H3,(H,25,29)(H,27,28,30). The minimum absolute atomic E-state index is 0.0287. The molecule has 0 unspecified atom stereocenters. The van der Waals surface area contributed by atoms with Crippen LogP contribution in [0.5, 0.6) is 5.88 Å². The highest BCUT2D eigenvalue weighted by Crippen LogP contribution is 2.27. The van der Waals surface area contributed by atoms with Crippen molar-refractivity contribution in [3.63, 3.8) is 0 Å². The molecule has 3 rings (SSSR count). The van der Waals surface area contributed by atoms with Gasteiger partial charge in [0.2, 0.25) is 11.8 Å². The number of aromatic nitrogens is 3. The minimum Gasteiger partial charge on any atom is -0.475 e. The number of rotatable bonds is 9. The summed E-state index contributed by atoms with van der Waals surface area (Å²) in [7, 11) is 0. The van der Waals surface area contributed by atoms with Crippen LogP contribution in [0.1, 0.15) is 25.3 Å². The largest absolute Gasteiger partial charge is 0.475 e. The lowest BCUT2D eigenvalue weighted by atomic mass is 10.1. The third-order valence-corrected chi connectivity index (χ3v) is 4.68. The van der Waals surface area contributed by atoms with E-state index in [1.54, 1.807) is 30.3 Å². The van der Waals surface area contributed by atoms with Crippen LogP contribution in [0.4, 0.5) is 4.39 Å². The molecule has 0 bridgehead atoms. The lowest BCUT2D eigenvalue weighted by Crippen LogP contribution is -2.22. The van der Waals surface area contributed by atoms with Crippen molar-refractivity contribution in [1.82, 2.24) is 20.3 Å². The Morgan fingerprint density at radius 2 is 2.10 bits per heavy atom. The Morgan fingerprint density at radius 1 is 1.26 bits per heavy atom. The van der Waals surface area contributed by atoms with Crippen LogP contribution in [0.3, 0.4) is 0 Å². The Hall–Kier alpha value is -3.26. The average Bonchev–Trinajstić information content (AvgIpc) is 2.77. The number of nitrogens with zero attached hydrogens (tertiary/aromatic N) is 2. The van der Waals surface area contributed by atoms with Gasteiger partial charge < -0.3 is 15.0 Å². The molecule has 0 saturated carbocycles. The van der Waals surface area contributed by atoms with E-state index in [-0.39, 0.29) is 24.0 Å². The molecule has 0 aliphatic carbocycles. The molecule has 0 spiro atoms. The molecular weight excluding hydrogens is 423 g/mol. The second-order valence-corrected chi connectivity index (χ2v) is 7.15. The summed E-state index contributed by atoms with van der Waals surface area (Å²) in [6.07, 6.45) is 2.73. The summed E-state index contributed by atoms with van der Waals surface area (Å²) >= 11 is 6.35. The van der Waals surface area contributed by atoms with E-state index in [1.165, 1.54) is 12.3 Å². The quantitative estimate of drug-likeness (QED) is 0.521. The van der Waals surface area contributed by atoms with Gasteiger partial charge in [-0.25, -0.2) is 14.4 Å². The first-order chi connectivity index (χ1) is 15.0. The van der Waals surface area contributed by atoms with Crippen LogP contribution in [-0.2, 0) is 11.3 Å². The summed E-state index contributed by atoms with van der Waals surface area (Å²) in [6, 6.07) is 9.91. The van der Waals surface area contributed by atoms with Gasteiger partial charge in [0.05, 0.1) is 10.7 Å². The molecule has 0 aliphatic heterocycles. The van der Waals surface area contributed by atoms with E-state index < -0.39 is 6.67 Å². The summed E-state index contributed by atoms with van der Waals surface area (Å²) in [4.78, 5) is 35.3. The van der Waals surface area contributed by atoms with Crippen molar-refractivity contribution in [1.29, 1.82) is 0 Å². The molecule has 1 aromatic carbocycles. The molecule has 2 aromatic heterocycles. The first-order valence-electron chi connectivity index (χ1n) is 9.82. The zero-order chi connectivity index (χ0) is 22.2. The molecule has 31 heavy (non-hydrogen) atoms. The highest BCUT2D eigenvalue weighted by Gasteiger charge is 2.12. The molecule has 9 heteroatoms. The Labute approximate surface area is 183 Å². The van der Waals surface area contributed by atoms with E-state index in [4.69, 9.17) is 16.3 Å². The van der Waals surface area contributed by atoms with Gasteiger partial charge in [0.25, 0.3) is 5.56 Å². The highest BCUT2D eigenvalue weighted by atomic mass is 35.5. The number of halogens is 2. The van der Waals surface area contributed by atoms with E-state index in [9.17, 15) is 14.0 Å². The predicted molar refractivity (Wildman–Crippen MR) is 117 cm³/mol. The fourth-order valence-electron chi connectivity index (χ4n) is 2.87. The molecule has 0 saturated heterocycles. The fourth-order valence-corrected chi connectivity index (χ4v) is 3.08. The number of pyridine rings is 1. The predicted octanol–water partition coefficient (Wildman–Crippen LogP) is 3.92. The Bertz CT molecular complexity index is 1100. The maximum absolute atomic E-state index is 12.3. The van der Waals surface area contributed by atoms with Gasteiger partial charge in [-0.3, -0.25) is 9.59 Å². The smallest absolute Gasteiger partial charge is 0.251 e. The summed E-state index contributed by atoms with van der Waals surface area (Å²) in [6.45, 7) is 1.60. The maximum atomic E-state index is 12.3. The van der Waals surface area contributed by atoms with Crippen molar-refractivity contribution in [3.05, 3.63) is 63.5 Å². The van der Waals surface area contributed by atoms with Crippen molar-refractivity contribution in [3.8, 4) is 28.5 Å². The molecule has 3 aromatic rings. The van der Waals surface area contributed by atoms with Crippen molar-refractivity contribution in [2.24, 2.45) is 0 Å². The summed E-state index contributed by atoms with van der Waals surface area (Å²) in [5.74, 6) is 0.554. The lowest BCUT2D eigenvalue weighted by Gasteiger charge is -2.10. The highest BCUT2D eigenvalue weighted by molar-refractivity contribution is 6.33. The van der Waals surface area contributed by atoms with Crippen molar-refractivity contribution in [2.75, 3.05) is 13.3 Å². The number of aromatic amines is 1. The molecule has 0 atom stereocenters. The number of benzene rings is 1. The second kappa shape index (κ2) is 10.7. The second-order valence-electron chi connectivity index (χ2n) is 6.74. The zero-order valence-electron chi connectivity index (χ0n) is 17.0. The molecule has 1 amide bonds. The lowest BCUT2D eigenvalue weighted by molar-refractivity contribution is -0.121. The van der Waals surface area contributed by atoms with Crippen molar-refractivity contribution < 1.29 is 13.9 Å². The van der Waals surface area contributed by atoms with E-state index in [1.807, 2.05) is 6.92 Å². The molecule has 0 aliphatic rings. The van der Waals surface area contributed by atoms with Crippen molar-refractivity contribution >= 4 is 17.5 Å². The van der Waals surface area contributed by atoms with Crippen LogP contribution in [0, 0.1) is 0 Å². The van der Waals surface area contributed by atoms with Gasteiger partial charge in [-0.05, 0) is 30.2 Å². The molecule has 2 N–H and O–H groups in total. The van der Waals surface area contributed by atoms with E-state index in [0.29, 0.717) is 40.6 Å².